The normalized spacial score (nSPS) is 11.6. The van der Waals surface area contributed by atoms with Gasteiger partial charge in [0.25, 0.3) is 5.91 Å². The number of ether oxygens (including phenoxy) is 1. The highest BCUT2D eigenvalue weighted by Gasteiger charge is 2.14. The van der Waals surface area contributed by atoms with Crippen LogP contribution in [0.4, 0.5) is 10.5 Å². The lowest BCUT2D eigenvalue weighted by Gasteiger charge is -2.14. The second kappa shape index (κ2) is 8.16. The van der Waals surface area contributed by atoms with E-state index in [9.17, 15) is 9.59 Å². The van der Waals surface area contributed by atoms with Crippen molar-refractivity contribution in [3.63, 3.8) is 0 Å². The molecule has 0 fully saturated rings. The van der Waals surface area contributed by atoms with E-state index in [0.29, 0.717) is 11.3 Å². The van der Waals surface area contributed by atoms with E-state index in [4.69, 9.17) is 9.84 Å². The summed E-state index contributed by atoms with van der Waals surface area (Å²) in [6.07, 6.45) is 0.114. The lowest BCUT2D eigenvalue weighted by Crippen LogP contribution is -2.32. The van der Waals surface area contributed by atoms with Gasteiger partial charge in [0.1, 0.15) is 6.61 Å². The summed E-state index contributed by atoms with van der Waals surface area (Å²) in [5, 5.41) is 13.9. The molecule has 1 unspecified atom stereocenters. The number of nitrogens with one attached hydrogen (secondary N) is 2. The van der Waals surface area contributed by atoms with Crippen molar-refractivity contribution in [2.45, 2.75) is 26.3 Å². The minimum Gasteiger partial charge on any atom is -0.447 e. The number of carbonyl (C=O) groups is 2. The molecule has 6 heteroatoms. The molecule has 0 aliphatic rings. The van der Waals surface area contributed by atoms with Crippen LogP contribution in [0.3, 0.4) is 0 Å². The molecular weight excluding hydrogens is 260 g/mol. The second-order valence-corrected chi connectivity index (χ2v) is 4.31. The molecule has 1 atom stereocenters. The summed E-state index contributed by atoms with van der Waals surface area (Å²) < 4.78 is 4.70. The van der Waals surface area contributed by atoms with Crippen LogP contribution in [0, 0.1) is 0 Å². The third-order valence-corrected chi connectivity index (χ3v) is 2.72. The molecule has 6 nitrogen and oxygen atoms in total. The van der Waals surface area contributed by atoms with Gasteiger partial charge in [-0.05, 0) is 25.5 Å². The molecule has 110 valence electrons. The number of hydrogen-bond donors (Lipinski definition) is 3. The van der Waals surface area contributed by atoms with Gasteiger partial charge >= 0.3 is 6.09 Å². The van der Waals surface area contributed by atoms with Crippen LogP contribution in [0.15, 0.2) is 24.3 Å². The zero-order chi connectivity index (χ0) is 15.0. The molecule has 0 bridgehead atoms. The Hall–Kier alpha value is -2.08. The fourth-order valence-corrected chi connectivity index (χ4v) is 1.48. The first-order chi connectivity index (χ1) is 9.58. The van der Waals surface area contributed by atoms with Crippen LogP contribution in [0.5, 0.6) is 0 Å². The van der Waals surface area contributed by atoms with Crippen molar-refractivity contribution in [3.05, 3.63) is 29.8 Å². The molecule has 0 aliphatic heterocycles. The lowest BCUT2D eigenvalue weighted by atomic mass is 10.1. The highest BCUT2D eigenvalue weighted by molar-refractivity contribution is 6.02. The van der Waals surface area contributed by atoms with Crippen LogP contribution >= 0.6 is 0 Å². The highest BCUT2D eigenvalue weighted by Crippen LogP contribution is 2.15. The molecule has 1 aromatic rings. The van der Waals surface area contributed by atoms with E-state index < -0.39 is 6.09 Å². The molecule has 0 saturated carbocycles. The minimum atomic E-state index is -0.706. The van der Waals surface area contributed by atoms with Crippen molar-refractivity contribution >= 4 is 17.7 Å². The van der Waals surface area contributed by atoms with Crippen molar-refractivity contribution in [3.8, 4) is 0 Å². The van der Waals surface area contributed by atoms with Crippen LogP contribution in [-0.2, 0) is 4.74 Å². The summed E-state index contributed by atoms with van der Waals surface area (Å²) in [6, 6.07) is 6.72. The molecular formula is C14H20N2O4. The number of aliphatic hydroxyl groups excluding tert-OH is 1. The van der Waals surface area contributed by atoms with E-state index in [1.54, 1.807) is 24.3 Å². The highest BCUT2D eigenvalue weighted by atomic mass is 16.6. The number of anilines is 1. The van der Waals surface area contributed by atoms with Gasteiger partial charge in [-0.25, -0.2) is 4.79 Å². The van der Waals surface area contributed by atoms with Crippen molar-refractivity contribution < 1.29 is 19.4 Å². The van der Waals surface area contributed by atoms with E-state index >= 15 is 0 Å². The Balaban J connectivity index is 2.77. The van der Waals surface area contributed by atoms with E-state index in [-0.39, 0.29) is 25.2 Å². The van der Waals surface area contributed by atoms with Crippen LogP contribution in [-0.4, -0.2) is 36.4 Å². The third kappa shape index (κ3) is 4.89. The van der Waals surface area contributed by atoms with Crippen LogP contribution in [0.25, 0.3) is 0 Å². The smallest absolute Gasteiger partial charge is 0.411 e. The summed E-state index contributed by atoms with van der Waals surface area (Å²) in [5.41, 5.74) is 0.741. The average Bonchev–Trinajstić information content (AvgIpc) is 2.45. The molecule has 0 spiro atoms. The van der Waals surface area contributed by atoms with Crippen LogP contribution in [0.1, 0.15) is 30.6 Å². The summed E-state index contributed by atoms with van der Waals surface area (Å²) in [7, 11) is 0. The number of amides is 2. The zero-order valence-electron chi connectivity index (χ0n) is 11.7. The SMILES string of the molecule is CCC(C)NC(=O)c1ccccc1NC(=O)OCCO. The van der Waals surface area contributed by atoms with Gasteiger partial charge < -0.3 is 15.2 Å². The topological polar surface area (TPSA) is 87.7 Å². The van der Waals surface area contributed by atoms with E-state index in [1.165, 1.54) is 0 Å². The predicted molar refractivity (Wildman–Crippen MR) is 75.7 cm³/mol. The minimum absolute atomic E-state index is 0.0527. The number of carbonyl (C=O) groups excluding carboxylic acids is 2. The number of aliphatic hydroxyl groups is 1. The fraction of sp³-hybridized carbons (Fsp3) is 0.429. The molecule has 0 aromatic heterocycles. The summed E-state index contributed by atoms with van der Waals surface area (Å²) in [5.74, 6) is -0.252. The van der Waals surface area contributed by atoms with Gasteiger partial charge in [0.15, 0.2) is 0 Å². The first kappa shape index (κ1) is 16.0. The Bertz CT molecular complexity index is 462. The second-order valence-electron chi connectivity index (χ2n) is 4.31. The summed E-state index contributed by atoms with van der Waals surface area (Å²) in [6.45, 7) is 3.54. The maximum atomic E-state index is 12.1. The Kier molecular flexibility index (Phi) is 6.52. The molecule has 3 N–H and O–H groups in total. The van der Waals surface area contributed by atoms with E-state index in [1.807, 2.05) is 13.8 Å². The average molecular weight is 280 g/mol. The predicted octanol–water partition coefficient (Wildman–Crippen LogP) is 1.76. The van der Waals surface area contributed by atoms with Crippen molar-refractivity contribution in [2.24, 2.45) is 0 Å². The molecule has 0 heterocycles. The van der Waals surface area contributed by atoms with E-state index in [2.05, 4.69) is 10.6 Å². The Morgan fingerprint density at radius 3 is 2.70 bits per heavy atom. The van der Waals surface area contributed by atoms with Crippen LogP contribution < -0.4 is 10.6 Å². The van der Waals surface area contributed by atoms with Gasteiger partial charge in [0.2, 0.25) is 0 Å². The summed E-state index contributed by atoms with van der Waals surface area (Å²) in [4.78, 5) is 23.5. The van der Waals surface area contributed by atoms with Gasteiger partial charge in [0.05, 0.1) is 17.9 Å². The van der Waals surface area contributed by atoms with Gasteiger partial charge in [-0.2, -0.15) is 0 Å². The number of para-hydroxylation sites is 1. The molecule has 0 aliphatic carbocycles. The zero-order valence-corrected chi connectivity index (χ0v) is 11.7. The van der Waals surface area contributed by atoms with Gasteiger partial charge in [-0.1, -0.05) is 19.1 Å². The first-order valence-corrected chi connectivity index (χ1v) is 6.53. The molecule has 0 radical (unpaired) electrons. The third-order valence-electron chi connectivity index (χ3n) is 2.72. The first-order valence-electron chi connectivity index (χ1n) is 6.53. The Morgan fingerprint density at radius 1 is 1.35 bits per heavy atom. The standard InChI is InChI=1S/C14H20N2O4/c1-3-10(2)15-13(18)11-6-4-5-7-12(11)16-14(19)20-9-8-17/h4-7,10,17H,3,8-9H2,1-2H3,(H,15,18)(H,16,19). The van der Waals surface area contributed by atoms with Crippen molar-refractivity contribution in [1.82, 2.24) is 5.32 Å². The summed E-state index contributed by atoms with van der Waals surface area (Å²) >= 11 is 0. The molecule has 0 saturated heterocycles. The van der Waals surface area contributed by atoms with Crippen LogP contribution in [0.2, 0.25) is 0 Å². The molecule has 20 heavy (non-hydrogen) atoms. The van der Waals surface area contributed by atoms with Gasteiger partial charge in [0, 0.05) is 6.04 Å². The number of benzene rings is 1. The lowest BCUT2D eigenvalue weighted by molar-refractivity contribution is 0.0940. The maximum Gasteiger partial charge on any atom is 0.411 e. The Labute approximate surface area is 118 Å². The fourth-order valence-electron chi connectivity index (χ4n) is 1.48. The maximum absolute atomic E-state index is 12.1. The van der Waals surface area contributed by atoms with Crippen molar-refractivity contribution in [2.75, 3.05) is 18.5 Å². The molecule has 1 rings (SSSR count). The molecule has 2 amide bonds. The molecule has 1 aromatic carbocycles. The van der Waals surface area contributed by atoms with E-state index in [0.717, 1.165) is 6.42 Å². The quantitative estimate of drug-likeness (QED) is 0.741. The number of hydrogen-bond acceptors (Lipinski definition) is 4. The van der Waals surface area contributed by atoms with Crippen molar-refractivity contribution in [1.29, 1.82) is 0 Å². The Morgan fingerprint density at radius 2 is 2.05 bits per heavy atom. The van der Waals surface area contributed by atoms with Gasteiger partial charge in [-0.15, -0.1) is 0 Å². The largest absolute Gasteiger partial charge is 0.447 e. The van der Waals surface area contributed by atoms with Gasteiger partial charge in [-0.3, -0.25) is 10.1 Å². The monoisotopic (exact) mass is 280 g/mol. The number of rotatable bonds is 6.